The fourth-order valence-corrected chi connectivity index (χ4v) is 20.7. The number of benzene rings is 6. The second kappa shape index (κ2) is 10.7. The molecular formula is C44H28Sb2. The van der Waals surface area contributed by atoms with Gasteiger partial charge in [-0.2, -0.15) is 0 Å². The molecule has 46 heavy (non-hydrogen) atoms. The van der Waals surface area contributed by atoms with E-state index >= 15 is 0 Å². The van der Waals surface area contributed by atoms with E-state index in [0.717, 1.165) is 0 Å². The number of hydrogen-bond donors (Lipinski definition) is 0. The predicted molar refractivity (Wildman–Crippen MR) is 201 cm³/mol. The summed E-state index contributed by atoms with van der Waals surface area (Å²) in [5.41, 5.74) is 11.3. The van der Waals surface area contributed by atoms with Crippen LogP contribution in [0.25, 0.3) is 56.0 Å². The van der Waals surface area contributed by atoms with Crippen molar-refractivity contribution in [3.8, 4) is 11.1 Å². The van der Waals surface area contributed by atoms with E-state index in [9.17, 15) is 0 Å². The first-order valence-corrected chi connectivity index (χ1v) is 23.9. The van der Waals surface area contributed by atoms with E-state index in [-0.39, 0.29) is 0 Å². The summed E-state index contributed by atoms with van der Waals surface area (Å²) in [6.45, 7) is 0. The second-order valence-corrected chi connectivity index (χ2v) is 23.6. The first kappa shape index (κ1) is 27.1. The minimum absolute atomic E-state index is 1.32. The summed E-state index contributed by atoms with van der Waals surface area (Å²) in [7, 11) is 0. The van der Waals surface area contributed by atoms with Gasteiger partial charge in [-0.05, 0) is 0 Å². The van der Waals surface area contributed by atoms with Crippen molar-refractivity contribution in [1.82, 2.24) is 0 Å². The molecule has 0 spiro atoms. The van der Waals surface area contributed by atoms with Gasteiger partial charge in [0.25, 0.3) is 0 Å². The topological polar surface area (TPSA) is 0 Å². The first-order chi connectivity index (χ1) is 22.8. The Bertz CT molecular complexity index is 2310. The number of allylic oxidation sites excluding steroid dienone is 8. The molecule has 0 aromatic heterocycles. The predicted octanol–water partition coefficient (Wildman–Crippen LogP) is 9.32. The van der Waals surface area contributed by atoms with Crippen molar-refractivity contribution in [3.63, 3.8) is 0 Å². The Morgan fingerprint density at radius 2 is 0.826 bits per heavy atom. The Labute approximate surface area is 284 Å². The molecule has 0 nitrogen and oxygen atoms in total. The van der Waals surface area contributed by atoms with Crippen LogP contribution in [-0.2, 0) is 0 Å². The molecule has 4 aliphatic rings. The van der Waals surface area contributed by atoms with Crippen molar-refractivity contribution < 1.29 is 0 Å². The van der Waals surface area contributed by atoms with E-state index in [2.05, 4.69) is 166 Å². The van der Waals surface area contributed by atoms with Gasteiger partial charge in [-0.25, -0.2) is 0 Å². The molecule has 214 valence electrons. The molecule has 0 radical (unpaired) electrons. The maximum absolute atomic E-state index is 2.60. The summed E-state index contributed by atoms with van der Waals surface area (Å²) in [5, 5.41) is 5.40. The van der Waals surface area contributed by atoms with E-state index in [1.165, 1.54) is 66.1 Å². The Morgan fingerprint density at radius 1 is 0.391 bits per heavy atom. The van der Waals surface area contributed by atoms with Crippen LogP contribution in [-0.4, -0.2) is 40.4 Å². The normalized spacial score (nSPS) is 16.4. The van der Waals surface area contributed by atoms with Crippen LogP contribution in [0.3, 0.4) is 0 Å². The molecule has 6 aromatic rings. The van der Waals surface area contributed by atoms with Crippen LogP contribution in [0.5, 0.6) is 0 Å². The van der Waals surface area contributed by atoms with Gasteiger partial charge in [0.05, 0.1) is 0 Å². The van der Waals surface area contributed by atoms with E-state index in [1.54, 1.807) is 14.1 Å². The molecule has 2 heterocycles. The van der Waals surface area contributed by atoms with Crippen LogP contribution in [0, 0.1) is 0 Å². The molecule has 0 fully saturated rings. The average molecular weight is 800 g/mol. The Kier molecular flexibility index (Phi) is 6.32. The van der Waals surface area contributed by atoms with Gasteiger partial charge in [-0.3, -0.25) is 0 Å². The zero-order valence-electron chi connectivity index (χ0n) is 25.1. The van der Waals surface area contributed by atoms with E-state index in [1.807, 2.05) is 0 Å². The molecule has 2 aliphatic heterocycles. The Balaban J connectivity index is 1.26. The second-order valence-electron chi connectivity index (χ2n) is 12.2. The van der Waals surface area contributed by atoms with Crippen molar-refractivity contribution in [2.45, 2.75) is 0 Å². The van der Waals surface area contributed by atoms with Crippen LogP contribution < -0.4 is 7.02 Å². The van der Waals surface area contributed by atoms with E-state index in [4.69, 9.17) is 0 Å². The third-order valence-electron chi connectivity index (χ3n) is 9.74. The zero-order valence-corrected chi connectivity index (χ0v) is 30.2. The van der Waals surface area contributed by atoms with Crippen LogP contribution in [0.1, 0.15) is 22.3 Å². The van der Waals surface area contributed by atoms with Crippen molar-refractivity contribution in [2.24, 2.45) is 0 Å². The zero-order chi connectivity index (χ0) is 30.2. The van der Waals surface area contributed by atoms with Gasteiger partial charge in [0, 0.05) is 0 Å². The molecule has 0 unspecified atom stereocenters. The van der Waals surface area contributed by atoms with Crippen molar-refractivity contribution in [2.75, 3.05) is 0 Å². The summed E-state index contributed by atoms with van der Waals surface area (Å²) < 4.78 is 11.5. The fourth-order valence-electron chi connectivity index (χ4n) is 7.69. The van der Waals surface area contributed by atoms with Crippen molar-refractivity contribution >= 4 is 92.3 Å². The molecule has 0 amide bonds. The monoisotopic (exact) mass is 798 g/mol. The molecule has 0 saturated heterocycles. The van der Waals surface area contributed by atoms with Crippen LogP contribution in [0.15, 0.2) is 161 Å². The minimum atomic E-state index is -2.33. The van der Waals surface area contributed by atoms with Crippen LogP contribution in [0.2, 0.25) is 0 Å². The molecule has 2 heteroatoms. The number of hydrogen-bond acceptors (Lipinski definition) is 0. The molecule has 6 aromatic carbocycles. The summed E-state index contributed by atoms with van der Waals surface area (Å²) in [4.78, 5) is 0. The van der Waals surface area contributed by atoms with Crippen LogP contribution >= 0.6 is 0 Å². The van der Waals surface area contributed by atoms with Crippen molar-refractivity contribution in [3.05, 3.63) is 183 Å². The third-order valence-corrected chi connectivity index (χ3v) is 22.6. The molecule has 2 aliphatic carbocycles. The third kappa shape index (κ3) is 4.07. The van der Waals surface area contributed by atoms with Gasteiger partial charge in [0.1, 0.15) is 0 Å². The van der Waals surface area contributed by atoms with Crippen LogP contribution in [0.4, 0.5) is 0 Å². The first-order valence-electron chi connectivity index (χ1n) is 15.9. The molecule has 0 bridgehead atoms. The summed E-state index contributed by atoms with van der Waals surface area (Å²) in [6.07, 6.45) is 14.4. The summed E-state index contributed by atoms with van der Waals surface area (Å²) in [6, 6.07) is 45.8. The van der Waals surface area contributed by atoms with Gasteiger partial charge < -0.3 is 0 Å². The van der Waals surface area contributed by atoms with E-state index in [0.29, 0.717) is 0 Å². The Hall–Kier alpha value is -4.08. The molecular weight excluding hydrogens is 772 g/mol. The maximum atomic E-state index is 2.60. The van der Waals surface area contributed by atoms with Gasteiger partial charge in [-0.1, -0.05) is 0 Å². The standard InChI is InChI=1S/C20H12.2C12H8.2Sb/c1-3-11-17-15(7-1)9-5-13-19(17)20-14-6-10-16-8-2-4-12-18(16)20;2*1-2-5-10-8-9-11-6-3-4-7-12(10)11;;/h1-12H;2*1-7,9H;;. The molecule has 10 rings (SSSR count). The summed E-state index contributed by atoms with van der Waals surface area (Å²) in [5.74, 6) is 0. The SMILES string of the molecule is C1=[CH][Sb]([c]2ccc3ccccc3c2-c2[c]([Sb]3[CH]=CC=C4[C]3=Cc3ccccc34)ccc3ccccc23)[C]2=Cc3ccccc3C2=C1. The average Bonchev–Trinajstić information content (AvgIpc) is 3.70. The molecule has 0 atom stereocenters. The summed E-state index contributed by atoms with van der Waals surface area (Å²) >= 11 is -4.66. The Morgan fingerprint density at radius 3 is 1.33 bits per heavy atom. The number of rotatable bonds is 3. The fraction of sp³-hybridized carbons (Fsp3) is 0. The van der Waals surface area contributed by atoms with E-state index < -0.39 is 40.4 Å². The molecule has 0 N–H and O–H groups in total. The molecule has 0 saturated carbocycles. The number of fused-ring (bicyclic) bond motifs is 8. The van der Waals surface area contributed by atoms with Gasteiger partial charge >= 0.3 is 286 Å². The quantitative estimate of drug-likeness (QED) is 0.157. The van der Waals surface area contributed by atoms with Gasteiger partial charge in [0.2, 0.25) is 0 Å². The van der Waals surface area contributed by atoms with Gasteiger partial charge in [-0.15, -0.1) is 0 Å². The van der Waals surface area contributed by atoms with Gasteiger partial charge in [0.15, 0.2) is 0 Å². The van der Waals surface area contributed by atoms with Crippen molar-refractivity contribution in [1.29, 1.82) is 0 Å².